The fraction of sp³-hybridized carbons (Fsp3) is 1.00. The van der Waals surface area contributed by atoms with Gasteiger partial charge >= 0.3 is 0 Å². The number of hydrogen-bond donors (Lipinski definition) is 2. The van der Waals surface area contributed by atoms with Crippen LogP contribution in [0.1, 0.15) is 13.8 Å². The zero-order chi connectivity index (χ0) is 8.69. The Bertz CT molecular complexity index is 77.9. The van der Waals surface area contributed by atoms with Gasteiger partial charge in [-0.3, -0.25) is 0 Å². The standard InChI is InChI=1S/C6H14O3S2/c1-5(7)3-10-9-11-4-6(2)8/h5-8H,3-4H2,1-2H3. The van der Waals surface area contributed by atoms with Crippen molar-refractivity contribution in [2.75, 3.05) is 11.5 Å². The Morgan fingerprint density at radius 2 is 1.45 bits per heavy atom. The molecule has 0 aliphatic carbocycles. The highest BCUT2D eigenvalue weighted by atomic mass is 32.2. The van der Waals surface area contributed by atoms with Crippen molar-refractivity contribution in [3.63, 3.8) is 0 Å². The lowest BCUT2D eigenvalue weighted by Crippen LogP contribution is -2.04. The maximum absolute atomic E-state index is 8.80. The summed E-state index contributed by atoms with van der Waals surface area (Å²) in [6, 6.07) is 0. The molecule has 2 unspecified atom stereocenters. The van der Waals surface area contributed by atoms with Crippen LogP contribution in [0.25, 0.3) is 0 Å². The van der Waals surface area contributed by atoms with Crippen LogP contribution in [-0.2, 0) is 3.63 Å². The van der Waals surface area contributed by atoms with Crippen molar-refractivity contribution >= 4 is 24.1 Å². The van der Waals surface area contributed by atoms with Crippen molar-refractivity contribution in [3.05, 3.63) is 0 Å². The summed E-state index contributed by atoms with van der Waals surface area (Å²) in [6.07, 6.45) is -0.681. The molecule has 0 aromatic rings. The molecular weight excluding hydrogens is 184 g/mol. The van der Waals surface area contributed by atoms with Crippen LogP contribution in [0.5, 0.6) is 0 Å². The first-order valence-corrected chi connectivity index (χ1v) is 5.22. The van der Waals surface area contributed by atoms with Crippen LogP contribution in [0.2, 0.25) is 0 Å². The minimum Gasteiger partial charge on any atom is -0.392 e. The van der Waals surface area contributed by atoms with Gasteiger partial charge in [-0.1, -0.05) is 0 Å². The average Bonchev–Trinajstić information content (AvgIpc) is 1.85. The molecule has 0 heterocycles. The zero-order valence-corrected chi connectivity index (χ0v) is 8.32. The lowest BCUT2D eigenvalue weighted by Gasteiger charge is -2.04. The van der Waals surface area contributed by atoms with Crippen LogP contribution >= 0.6 is 24.1 Å². The third-order valence-electron chi connectivity index (χ3n) is 0.715. The lowest BCUT2D eigenvalue weighted by molar-refractivity contribution is 0.219. The molecule has 0 spiro atoms. The van der Waals surface area contributed by atoms with Gasteiger partial charge < -0.3 is 10.2 Å². The molecule has 0 saturated heterocycles. The van der Waals surface area contributed by atoms with Crippen LogP contribution in [0, 0.1) is 0 Å². The van der Waals surface area contributed by atoms with Crippen molar-refractivity contribution < 1.29 is 13.8 Å². The Kier molecular flexibility index (Phi) is 7.62. The Morgan fingerprint density at radius 3 is 1.73 bits per heavy atom. The minimum absolute atomic E-state index is 0.341. The first-order chi connectivity index (χ1) is 5.13. The van der Waals surface area contributed by atoms with E-state index in [9.17, 15) is 0 Å². The summed E-state index contributed by atoms with van der Waals surface area (Å²) in [5, 5.41) is 17.6. The van der Waals surface area contributed by atoms with Gasteiger partial charge in [0.15, 0.2) is 0 Å². The molecule has 0 aliphatic rings. The molecule has 0 aromatic carbocycles. The van der Waals surface area contributed by atoms with E-state index in [-0.39, 0.29) is 12.2 Å². The third kappa shape index (κ3) is 10.6. The van der Waals surface area contributed by atoms with Crippen molar-refractivity contribution in [1.82, 2.24) is 0 Å². The van der Waals surface area contributed by atoms with E-state index in [0.29, 0.717) is 11.5 Å². The average molecular weight is 198 g/mol. The van der Waals surface area contributed by atoms with Gasteiger partial charge in [-0.05, 0) is 13.8 Å². The molecule has 68 valence electrons. The quantitative estimate of drug-likeness (QED) is 0.494. The number of aliphatic hydroxyl groups excluding tert-OH is 2. The van der Waals surface area contributed by atoms with Gasteiger partial charge in [0.25, 0.3) is 0 Å². The molecule has 0 rings (SSSR count). The predicted octanol–water partition coefficient (Wildman–Crippen LogP) is 1.06. The second-order valence-corrected chi connectivity index (χ2v) is 4.02. The first-order valence-electron chi connectivity index (χ1n) is 3.40. The molecule has 2 N–H and O–H groups in total. The minimum atomic E-state index is -0.341. The molecule has 0 amide bonds. The zero-order valence-electron chi connectivity index (χ0n) is 6.69. The highest BCUT2D eigenvalue weighted by Gasteiger charge is 1.99. The fourth-order valence-corrected chi connectivity index (χ4v) is 1.40. The van der Waals surface area contributed by atoms with Gasteiger partial charge in [0.05, 0.1) is 12.2 Å². The van der Waals surface area contributed by atoms with E-state index in [4.69, 9.17) is 13.8 Å². The first kappa shape index (κ1) is 11.6. The van der Waals surface area contributed by atoms with Crippen LogP contribution in [0.3, 0.4) is 0 Å². The SMILES string of the molecule is CC(O)CSOSCC(C)O. The molecule has 3 nitrogen and oxygen atoms in total. The Labute approximate surface area is 75.9 Å². The van der Waals surface area contributed by atoms with Crippen molar-refractivity contribution in [2.45, 2.75) is 26.1 Å². The molecule has 11 heavy (non-hydrogen) atoms. The largest absolute Gasteiger partial charge is 0.392 e. The second kappa shape index (κ2) is 7.24. The van der Waals surface area contributed by atoms with Gasteiger partial charge in [0.1, 0.15) is 0 Å². The third-order valence-corrected chi connectivity index (χ3v) is 2.72. The summed E-state index contributed by atoms with van der Waals surface area (Å²) < 4.78 is 4.97. The molecule has 0 aromatic heterocycles. The van der Waals surface area contributed by atoms with E-state index in [1.54, 1.807) is 13.8 Å². The predicted molar refractivity (Wildman–Crippen MR) is 49.4 cm³/mol. The van der Waals surface area contributed by atoms with Crippen molar-refractivity contribution in [3.8, 4) is 0 Å². The van der Waals surface area contributed by atoms with E-state index >= 15 is 0 Å². The molecule has 0 fully saturated rings. The second-order valence-electron chi connectivity index (χ2n) is 2.34. The van der Waals surface area contributed by atoms with E-state index in [1.807, 2.05) is 0 Å². The van der Waals surface area contributed by atoms with Gasteiger partial charge in [-0.15, -0.1) is 0 Å². The van der Waals surface area contributed by atoms with E-state index in [2.05, 4.69) is 0 Å². The normalized spacial score (nSPS) is 16.4. The maximum Gasteiger partial charge on any atom is 0.0625 e. The summed E-state index contributed by atoms with van der Waals surface area (Å²) in [7, 11) is 0. The Balaban J connectivity index is 2.91. The monoisotopic (exact) mass is 198 g/mol. The van der Waals surface area contributed by atoms with Crippen LogP contribution in [0.15, 0.2) is 0 Å². The maximum atomic E-state index is 8.80. The number of rotatable bonds is 6. The van der Waals surface area contributed by atoms with Crippen molar-refractivity contribution in [2.24, 2.45) is 0 Å². The summed E-state index contributed by atoms with van der Waals surface area (Å²) in [4.78, 5) is 0. The van der Waals surface area contributed by atoms with Gasteiger partial charge in [-0.25, -0.2) is 3.63 Å². The summed E-state index contributed by atoms with van der Waals surface area (Å²) in [5.41, 5.74) is 0. The lowest BCUT2D eigenvalue weighted by atomic mass is 10.5. The molecule has 0 radical (unpaired) electrons. The molecule has 2 atom stereocenters. The van der Waals surface area contributed by atoms with Crippen LogP contribution in [-0.4, -0.2) is 33.9 Å². The van der Waals surface area contributed by atoms with E-state index < -0.39 is 0 Å². The molecule has 0 saturated carbocycles. The number of hydrogen-bond acceptors (Lipinski definition) is 5. The van der Waals surface area contributed by atoms with Crippen LogP contribution in [0.4, 0.5) is 0 Å². The summed E-state index contributed by atoms with van der Waals surface area (Å²) >= 11 is 2.41. The molecule has 0 bridgehead atoms. The van der Waals surface area contributed by atoms with Gasteiger partial charge in [0, 0.05) is 35.6 Å². The van der Waals surface area contributed by atoms with E-state index in [0.717, 1.165) is 0 Å². The van der Waals surface area contributed by atoms with Gasteiger partial charge in [-0.2, -0.15) is 0 Å². The Morgan fingerprint density at radius 1 is 1.09 bits per heavy atom. The molecule has 0 aliphatic heterocycles. The summed E-state index contributed by atoms with van der Waals surface area (Å²) in [5.74, 6) is 1.12. The van der Waals surface area contributed by atoms with E-state index in [1.165, 1.54) is 24.1 Å². The van der Waals surface area contributed by atoms with Crippen molar-refractivity contribution in [1.29, 1.82) is 0 Å². The van der Waals surface area contributed by atoms with Crippen LogP contribution < -0.4 is 0 Å². The fourth-order valence-electron chi connectivity index (χ4n) is 0.287. The smallest absolute Gasteiger partial charge is 0.0625 e. The molecule has 5 heteroatoms. The van der Waals surface area contributed by atoms with Gasteiger partial charge in [0.2, 0.25) is 0 Å². The highest BCUT2D eigenvalue weighted by Crippen LogP contribution is 2.16. The molecular formula is C6H14O3S2. The highest BCUT2D eigenvalue weighted by molar-refractivity contribution is 8.07. The number of aliphatic hydroxyl groups is 2. The summed E-state index contributed by atoms with van der Waals surface area (Å²) in [6.45, 7) is 3.41. The topological polar surface area (TPSA) is 49.7 Å². The Hall–Kier alpha value is 0.580.